The van der Waals surface area contributed by atoms with Crippen molar-refractivity contribution in [3.05, 3.63) is 161 Å². The van der Waals surface area contributed by atoms with Crippen LogP contribution < -0.4 is 14.7 Å². The minimum atomic E-state index is 0.879. The van der Waals surface area contributed by atoms with Crippen molar-refractivity contribution in [3.63, 3.8) is 0 Å². The maximum atomic E-state index is 2.55. The molecule has 0 spiro atoms. The normalized spacial score (nSPS) is 10.8. The third kappa shape index (κ3) is 13.2. The summed E-state index contributed by atoms with van der Waals surface area (Å²) in [5, 5.41) is 0. The lowest BCUT2D eigenvalue weighted by atomic mass is 10.0. The third-order valence-corrected chi connectivity index (χ3v) is 11.8. The molecule has 0 saturated heterocycles. The fraction of sp³-hybridized carbons (Fsp3) is 0.419. The van der Waals surface area contributed by atoms with Gasteiger partial charge in [-0.25, -0.2) is 0 Å². The smallest absolute Gasteiger partial charge is 0.0902 e. The van der Waals surface area contributed by atoms with Gasteiger partial charge in [-0.1, -0.05) is 199 Å². The van der Waals surface area contributed by atoms with Crippen LogP contribution in [0, 0.1) is 0 Å². The molecule has 0 aromatic heterocycles. The Labute approximate surface area is 405 Å². The lowest BCUT2D eigenvalue weighted by Gasteiger charge is -2.34. The van der Waals surface area contributed by atoms with Gasteiger partial charge in [-0.2, -0.15) is 0 Å². The van der Waals surface area contributed by atoms with Crippen LogP contribution in [-0.4, -0.2) is 51.5 Å². The number of hydrogen-bond acceptors (Lipinski definition) is 4. The van der Waals surface area contributed by atoms with Gasteiger partial charge in [0.25, 0.3) is 0 Å². The number of anilines is 3. The van der Waals surface area contributed by atoms with Crippen molar-refractivity contribution in [1.82, 2.24) is 4.90 Å². The van der Waals surface area contributed by atoms with E-state index in [4.69, 9.17) is 0 Å². The first-order valence-corrected chi connectivity index (χ1v) is 26.1. The van der Waals surface area contributed by atoms with Crippen molar-refractivity contribution in [2.75, 3.05) is 61.3 Å². The molecule has 0 saturated carbocycles. The number of hydrogen-bond donors (Lipinski definition) is 0. The molecule has 0 radical (unpaired) electrons. The zero-order valence-corrected chi connectivity index (χ0v) is 44.8. The molecule has 9 rings (SSSR count). The van der Waals surface area contributed by atoms with Crippen molar-refractivity contribution in [3.8, 4) is 33.4 Å². The Morgan fingerprint density at radius 3 is 0.833 bits per heavy atom. The van der Waals surface area contributed by atoms with E-state index in [1.165, 1.54) is 83.8 Å². The molecule has 0 fully saturated rings. The SMILES string of the molecule is CC.CC.CC.CC.CC.CC.CCN(C)CN(CC)c1cccc2c1-c1ccccc1C2.CCN(CN(CC)c1cccc2c1-c1ccccc1C2)c1cccc2c1-c1ccccc1C2. The molecule has 0 heterocycles. The van der Waals surface area contributed by atoms with Crippen molar-refractivity contribution in [2.45, 2.75) is 130 Å². The zero-order chi connectivity index (χ0) is 49.2. The van der Waals surface area contributed by atoms with Gasteiger partial charge in [-0.3, -0.25) is 4.90 Å². The van der Waals surface area contributed by atoms with E-state index in [-0.39, 0.29) is 0 Å². The summed E-state index contributed by atoms with van der Waals surface area (Å²) in [7, 11) is 2.18. The van der Waals surface area contributed by atoms with Gasteiger partial charge >= 0.3 is 0 Å². The van der Waals surface area contributed by atoms with Gasteiger partial charge in [0.05, 0.1) is 13.3 Å². The highest BCUT2D eigenvalue weighted by atomic mass is 15.3. The minimum absolute atomic E-state index is 0.879. The van der Waals surface area contributed by atoms with E-state index in [9.17, 15) is 0 Å². The van der Waals surface area contributed by atoms with Crippen LogP contribution in [0.3, 0.4) is 0 Å². The number of fused-ring (bicyclic) bond motifs is 9. The van der Waals surface area contributed by atoms with Crippen LogP contribution in [0.1, 0.15) is 144 Å². The second-order valence-corrected chi connectivity index (χ2v) is 15.0. The van der Waals surface area contributed by atoms with Gasteiger partial charge in [0.15, 0.2) is 0 Å². The lowest BCUT2D eigenvalue weighted by Crippen LogP contribution is -2.38. The summed E-state index contributed by atoms with van der Waals surface area (Å²) in [6.45, 7) is 38.9. The molecule has 6 aromatic rings. The van der Waals surface area contributed by atoms with Gasteiger partial charge in [-0.15, -0.1) is 0 Å². The molecule has 0 atom stereocenters. The molecule has 0 bridgehead atoms. The van der Waals surface area contributed by atoms with Crippen LogP contribution in [0.15, 0.2) is 127 Å². The molecule has 3 aliphatic rings. The second kappa shape index (κ2) is 30.8. The zero-order valence-electron chi connectivity index (χ0n) is 44.8. The molecule has 0 unspecified atom stereocenters. The largest absolute Gasteiger partial charge is 0.358 e. The molecule has 0 aliphatic heterocycles. The summed E-state index contributed by atoms with van der Waals surface area (Å²) in [4.78, 5) is 9.92. The summed E-state index contributed by atoms with van der Waals surface area (Å²) in [5.74, 6) is 0. The first kappa shape index (κ1) is 56.8. The fourth-order valence-electron chi connectivity index (χ4n) is 8.93. The van der Waals surface area contributed by atoms with E-state index >= 15 is 0 Å². The van der Waals surface area contributed by atoms with E-state index in [2.05, 4.69) is 182 Å². The first-order chi connectivity index (χ1) is 32.5. The summed E-state index contributed by atoms with van der Waals surface area (Å²) in [6.07, 6.45) is 3.15. The topological polar surface area (TPSA) is 13.0 Å². The Hall–Kier alpha value is -5.32. The van der Waals surface area contributed by atoms with E-state index < -0.39 is 0 Å². The quantitative estimate of drug-likeness (QED) is 0.120. The van der Waals surface area contributed by atoms with E-state index in [1.54, 1.807) is 0 Å². The highest BCUT2D eigenvalue weighted by Gasteiger charge is 2.27. The maximum absolute atomic E-state index is 2.55. The van der Waals surface area contributed by atoms with Crippen LogP contribution in [0.5, 0.6) is 0 Å². The summed E-state index contributed by atoms with van der Waals surface area (Å²) in [5.41, 5.74) is 21.3. The number of benzene rings is 6. The lowest BCUT2D eigenvalue weighted by molar-refractivity contribution is 0.351. The number of nitrogens with zero attached hydrogens (tertiary/aromatic N) is 4. The Kier molecular flexibility index (Phi) is 26.5. The molecule has 6 aromatic carbocycles. The molecule has 358 valence electrons. The molecule has 3 aliphatic carbocycles. The predicted octanol–water partition coefficient (Wildman–Crippen LogP) is 17.3. The van der Waals surface area contributed by atoms with Gasteiger partial charge < -0.3 is 14.7 Å². The Morgan fingerprint density at radius 1 is 0.303 bits per heavy atom. The van der Waals surface area contributed by atoms with Gasteiger partial charge in [0.1, 0.15) is 0 Å². The highest BCUT2D eigenvalue weighted by Crippen LogP contribution is 2.46. The standard InChI is InChI=1S/C31H30N2.C19H24N2.6C2H6/c1-3-32(28-17-9-13-24-19-22-11-5-7-15-26(22)30(24)28)21-33(4-2)29-18-10-14-25-20-23-12-6-8-16-27(23)31(25)29;1-4-20(3)14-21(5-2)18-12-8-10-16-13-15-9-6-7-11-17(15)19(16)18;6*1-2/h5-18H,3-4,19-21H2,1-2H3;6-12H,4-5,13-14H2,1-3H3;6*1-2H3. The van der Waals surface area contributed by atoms with Gasteiger partial charge in [0, 0.05) is 53.4 Å². The Morgan fingerprint density at radius 2 is 0.561 bits per heavy atom. The molecule has 0 amide bonds. The molecular weight excluding hydrogens is 801 g/mol. The average molecular weight is 891 g/mol. The van der Waals surface area contributed by atoms with Crippen LogP contribution >= 0.6 is 0 Å². The van der Waals surface area contributed by atoms with E-state index in [0.717, 1.165) is 58.8 Å². The number of rotatable bonds is 11. The monoisotopic (exact) mass is 891 g/mol. The molecule has 0 N–H and O–H groups in total. The fourth-order valence-corrected chi connectivity index (χ4v) is 8.93. The van der Waals surface area contributed by atoms with Crippen LogP contribution in [0.2, 0.25) is 0 Å². The summed E-state index contributed by atoms with van der Waals surface area (Å²) in [6, 6.07) is 47.0. The Balaban J connectivity index is 0.000000392. The third-order valence-electron chi connectivity index (χ3n) is 11.8. The average Bonchev–Trinajstić information content (AvgIpc) is 4.11. The molecule has 66 heavy (non-hydrogen) atoms. The van der Waals surface area contributed by atoms with Crippen molar-refractivity contribution in [1.29, 1.82) is 0 Å². The maximum Gasteiger partial charge on any atom is 0.0902 e. The van der Waals surface area contributed by atoms with Gasteiger partial charge in [-0.05, 0) is 122 Å². The van der Waals surface area contributed by atoms with Crippen LogP contribution in [0.4, 0.5) is 17.1 Å². The van der Waals surface area contributed by atoms with Crippen LogP contribution in [-0.2, 0) is 19.3 Å². The molecular formula is C62H90N4. The van der Waals surface area contributed by atoms with Crippen molar-refractivity contribution >= 4 is 17.1 Å². The minimum Gasteiger partial charge on any atom is -0.358 e. The second-order valence-electron chi connectivity index (χ2n) is 15.0. The molecule has 4 heteroatoms. The van der Waals surface area contributed by atoms with E-state index in [0.29, 0.717) is 0 Å². The Bertz CT molecular complexity index is 2170. The first-order valence-electron chi connectivity index (χ1n) is 26.1. The van der Waals surface area contributed by atoms with Crippen molar-refractivity contribution in [2.24, 2.45) is 0 Å². The highest BCUT2D eigenvalue weighted by molar-refractivity contribution is 5.90. The summed E-state index contributed by atoms with van der Waals surface area (Å²) >= 11 is 0. The predicted molar refractivity (Wildman–Crippen MR) is 299 cm³/mol. The molecule has 4 nitrogen and oxygen atoms in total. The van der Waals surface area contributed by atoms with Crippen LogP contribution in [0.25, 0.3) is 33.4 Å². The van der Waals surface area contributed by atoms with Crippen molar-refractivity contribution < 1.29 is 0 Å². The summed E-state index contributed by atoms with van der Waals surface area (Å²) < 4.78 is 0. The van der Waals surface area contributed by atoms with Gasteiger partial charge in [0.2, 0.25) is 0 Å². The van der Waals surface area contributed by atoms with E-state index in [1.807, 2.05) is 83.1 Å².